The van der Waals surface area contributed by atoms with E-state index in [9.17, 15) is 8.42 Å². The average molecular weight is 285 g/mol. The van der Waals surface area contributed by atoms with E-state index in [0.29, 0.717) is 6.42 Å². The van der Waals surface area contributed by atoms with E-state index in [-0.39, 0.29) is 12.3 Å². The van der Waals surface area contributed by atoms with E-state index in [1.807, 2.05) is 32.0 Å². The van der Waals surface area contributed by atoms with Gasteiger partial charge in [-0.15, -0.1) is 0 Å². The average Bonchev–Trinajstić information content (AvgIpc) is 2.44. The quantitative estimate of drug-likeness (QED) is 0.748. The Morgan fingerprint density at radius 2 is 2.00 bits per heavy atom. The second-order valence-electron chi connectivity index (χ2n) is 4.78. The van der Waals surface area contributed by atoms with Crippen LogP contribution in [0.1, 0.15) is 32.4 Å². The van der Waals surface area contributed by atoms with Crippen LogP contribution < -0.4 is 10.5 Å². The van der Waals surface area contributed by atoms with E-state index in [0.717, 1.165) is 18.5 Å². The van der Waals surface area contributed by atoms with Gasteiger partial charge in [0.1, 0.15) is 0 Å². The number of aromatic nitrogens is 1. The second-order valence-corrected chi connectivity index (χ2v) is 6.71. The molecule has 6 heteroatoms. The molecular weight excluding hydrogens is 262 g/mol. The van der Waals surface area contributed by atoms with E-state index >= 15 is 0 Å². The number of nitrogens with two attached hydrogens (primary N) is 1. The van der Waals surface area contributed by atoms with Crippen LogP contribution in [0.25, 0.3) is 0 Å². The molecule has 0 fully saturated rings. The summed E-state index contributed by atoms with van der Waals surface area (Å²) in [4.78, 5) is 4.11. The summed E-state index contributed by atoms with van der Waals surface area (Å²) in [6, 6.07) is 5.48. The summed E-state index contributed by atoms with van der Waals surface area (Å²) in [5, 5.41) is 0. The summed E-state index contributed by atoms with van der Waals surface area (Å²) in [5.74, 6) is 0.0352. The van der Waals surface area contributed by atoms with Gasteiger partial charge in [-0.05, 0) is 25.0 Å². The lowest BCUT2D eigenvalue weighted by molar-refractivity contribution is 0.391. The molecular formula is C13H23N3O2S. The van der Waals surface area contributed by atoms with Gasteiger partial charge in [0.05, 0.1) is 5.75 Å². The molecule has 0 aliphatic rings. The van der Waals surface area contributed by atoms with Crippen LogP contribution in [-0.2, 0) is 16.4 Å². The predicted octanol–water partition coefficient (Wildman–Crippen LogP) is 1.06. The van der Waals surface area contributed by atoms with Crippen LogP contribution in [0.15, 0.2) is 24.4 Å². The maximum atomic E-state index is 11.9. The topological polar surface area (TPSA) is 85.1 Å². The van der Waals surface area contributed by atoms with Crippen LogP contribution in [0.2, 0.25) is 0 Å². The first-order chi connectivity index (χ1) is 8.91. The Morgan fingerprint density at radius 3 is 2.53 bits per heavy atom. The summed E-state index contributed by atoms with van der Waals surface area (Å²) in [7, 11) is -3.30. The number of sulfonamides is 1. The highest BCUT2D eigenvalue weighted by molar-refractivity contribution is 7.89. The van der Waals surface area contributed by atoms with Crippen molar-refractivity contribution in [2.75, 3.05) is 12.3 Å². The number of hydrogen-bond acceptors (Lipinski definition) is 4. The number of pyridine rings is 1. The molecule has 0 saturated heterocycles. The van der Waals surface area contributed by atoms with Gasteiger partial charge in [-0.2, -0.15) is 0 Å². The molecule has 0 atom stereocenters. The normalized spacial score (nSPS) is 12.6. The first kappa shape index (κ1) is 16.1. The van der Waals surface area contributed by atoms with Crippen molar-refractivity contribution in [3.63, 3.8) is 0 Å². The minimum absolute atomic E-state index is 0.0352. The SMILES string of the molecule is CCC(N)(CC)CNS(=O)(=O)CCc1ccccn1. The molecule has 0 spiro atoms. The third kappa shape index (κ3) is 5.67. The Labute approximate surface area is 115 Å². The van der Waals surface area contributed by atoms with Crippen LogP contribution >= 0.6 is 0 Å². The van der Waals surface area contributed by atoms with Crippen molar-refractivity contribution < 1.29 is 8.42 Å². The van der Waals surface area contributed by atoms with Crippen LogP contribution in [0.3, 0.4) is 0 Å². The summed E-state index contributed by atoms with van der Waals surface area (Å²) >= 11 is 0. The molecule has 1 aromatic rings. The molecule has 1 aromatic heterocycles. The van der Waals surface area contributed by atoms with Gasteiger partial charge in [0.2, 0.25) is 10.0 Å². The molecule has 1 heterocycles. The molecule has 0 unspecified atom stereocenters. The molecule has 1 rings (SSSR count). The van der Waals surface area contributed by atoms with Gasteiger partial charge in [-0.3, -0.25) is 4.98 Å². The predicted molar refractivity (Wildman–Crippen MR) is 77.2 cm³/mol. The molecule has 108 valence electrons. The Balaban J connectivity index is 2.49. The Morgan fingerprint density at radius 1 is 1.32 bits per heavy atom. The summed E-state index contributed by atoms with van der Waals surface area (Å²) in [6.07, 6.45) is 3.55. The van der Waals surface area contributed by atoms with Gasteiger partial charge >= 0.3 is 0 Å². The van der Waals surface area contributed by atoms with Crippen molar-refractivity contribution >= 4 is 10.0 Å². The number of hydrogen-bond donors (Lipinski definition) is 2. The number of nitrogens with one attached hydrogen (secondary N) is 1. The number of rotatable bonds is 8. The fourth-order valence-corrected chi connectivity index (χ4v) is 2.74. The van der Waals surface area contributed by atoms with Crippen LogP contribution in [0.4, 0.5) is 0 Å². The third-order valence-corrected chi connectivity index (χ3v) is 4.73. The molecule has 0 aliphatic heterocycles. The van der Waals surface area contributed by atoms with Gasteiger partial charge in [0.25, 0.3) is 0 Å². The molecule has 3 N–H and O–H groups in total. The number of nitrogens with zero attached hydrogens (tertiary/aromatic N) is 1. The Kier molecular flexibility index (Phi) is 5.90. The lowest BCUT2D eigenvalue weighted by Gasteiger charge is -2.26. The molecule has 0 radical (unpaired) electrons. The van der Waals surface area contributed by atoms with Crippen molar-refractivity contribution in [1.29, 1.82) is 0 Å². The smallest absolute Gasteiger partial charge is 0.212 e. The molecule has 0 aromatic carbocycles. The summed E-state index contributed by atoms with van der Waals surface area (Å²) in [5.41, 5.74) is 6.39. The van der Waals surface area contributed by atoms with Gasteiger partial charge in [0.15, 0.2) is 0 Å². The lowest BCUT2D eigenvalue weighted by atomic mass is 9.95. The van der Waals surface area contributed by atoms with Gasteiger partial charge in [-0.1, -0.05) is 19.9 Å². The van der Waals surface area contributed by atoms with Gasteiger partial charge < -0.3 is 5.73 Å². The highest BCUT2D eigenvalue weighted by atomic mass is 32.2. The largest absolute Gasteiger partial charge is 0.324 e. The van der Waals surface area contributed by atoms with Crippen molar-refractivity contribution in [2.45, 2.75) is 38.6 Å². The highest BCUT2D eigenvalue weighted by Crippen LogP contribution is 2.10. The summed E-state index contributed by atoms with van der Waals surface area (Å²) < 4.78 is 26.4. The zero-order valence-corrected chi connectivity index (χ0v) is 12.4. The molecule has 0 aliphatic carbocycles. The van der Waals surface area contributed by atoms with E-state index in [1.54, 1.807) is 6.20 Å². The van der Waals surface area contributed by atoms with Crippen LogP contribution in [-0.4, -0.2) is 31.2 Å². The zero-order valence-electron chi connectivity index (χ0n) is 11.6. The van der Waals surface area contributed by atoms with Crippen molar-refractivity contribution in [3.8, 4) is 0 Å². The molecule has 0 saturated carbocycles. The van der Waals surface area contributed by atoms with E-state index in [2.05, 4.69) is 9.71 Å². The standard InChI is InChI=1S/C13H23N3O2S/c1-3-13(14,4-2)11-16-19(17,18)10-8-12-7-5-6-9-15-12/h5-7,9,16H,3-4,8,10-11,14H2,1-2H3. The summed E-state index contributed by atoms with van der Waals surface area (Å²) in [6.45, 7) is 4.21. The highest BCUT2D eigenvalue weighted by Gasteiger charge is 2.22. The minimum Gasteiger partial charge on any atom is -0.324 e. The van der Waals surface area contributed by atoms with Crippen molar-refractivity contribution in [2.24, 2.45) is 5.73 Å². The van der Waals surface area contributed by atoms with Gasteiger partial charge in [-0.25, -0.2) is 13.1 Å². The minimum atomic E-state index is -3.30. The molecule has 5 nitrogen and oxygen atoms in total. The Hall–Kier alpha value is -0.980. The second kappa shape index (κ2) is 6.98. The monoisotopic (exact) mass is 285 g/mol. The molecule has 19 heavy (non-hydrogen) atoms. The first-order valence-electron chi connectivity index (χ1n) is 6.57. The Bertz CT molecular complexity index is 470. The van der Waals surface area contributed by atoms with E-state index in [1.165, 1.54) is 0 Å². The van der Waals surface area contributed by atoms with Crippen molar-refractivity contribution in [1.82, 2.24) is 9.71 Å². The number of aryl methyl sites for hydroxylation is 1. The maximum Gasteiger partial charge on any atom is 0.212 e. The molecule has 0 amide bonds. The maximum absolute atomic E-state index is 11.9. The zero-order chi connectivity index (χ0) is 14.4. The molecule has 0 bridgehead atoms. The van der Waals surface area contributed by atoms with Crippen LogP contribution in [0, 0.1) is 0 Å². The first-order valence-corrected chi connectivity index (χ1v) is 8.22. The third-order valence-electron chi connectivity index (χ3n) is 3.41. The van der Waals surface area contributed by atoms with E-state index in [4.69, 9.17) is 5.73 Å². The fraction of sp³-hybridized carbons (Fsp3) is 0.615. The van der Waals surface area contributed by atoms with Crippen LogP contribution in [0.5, 0.6) is 0 Å². The van der Waals surface area contributed by atoms with E-state index < -0.39 is 15.6 Å². The lowest BCUT2D eigenvalue weighted by Crippen LogP contribution is -2.49. The fourth-order valence-electron chi connectivity index (χ4n) is 1.61. The van der Waals surface area contributed by atoms with Gasteiger partial charge in [0, 0.05) is 30.4 Å². The van der Waals surface area contributed by atoms with Crippen molar-refractivity contribution in [3.05, 3.63) is 30.1 Å².